The molecule has 0 saturated carbocycles. The fraction of sp³-hybridized carbons (Fsp3) is 0.350. The molecule has 4 rings (SSSR count). The van der Waals surface area contributed by atoms with Gasteiger partial charge in [-0.05, 0) is 44.4 Å². The van der Waals surface area contributed by atoms with E-state index in [4.69, 9.17) is 0 Å². The Morgan fingerprint density at radius 3 is 2.73 bits per heavy atom. The number of nitrogens with zero attached hydrogens (tertiary/aromatic N) is 4. The summed E-state index contributed by atoms with van der Waals surface area (Å²) in [6.45, 7) is 5.70. The standard InChI is InChI=1S/C20H23N5O/c1-14-5-3-4-6-17(14)20(26)22-16-7-10-24(11-8-16)19-18-13-15(2)23-25(18)12-9-21-19/h3-6,9,12-13,16H,7-8,10-11H2,1-2H3,(H,22,26). The van der Waals surface area contributed by atoms with Crippen LogP contribution in [-0.4, -0.2) is 39.6 Å². The highest BCUT2D eigenvalue weighted by Gasteiger charge is 2.23. The Labute approximate surface area is 152 Å². The third kappa shape index (κ3) is 3.14. The molecule has 134 valence electrons. The van der Waals surface area contributed by atoms with Crippen molar-refractivity contribution in [3.8, 4) is 0 Å². The van der Waals surface area contributed by atoms with E-state index in [1.54, 1.807) is 6.20 Å². The summed E-state index contributed by atoms with van der Waals surface area (Å²) in [6.07, 6.45) is 5.49. The summed E-state index contributed by atoms with van der Waals surface area (Å²) < 4.78 is 1.88. The number of aromatic nitrogens is 3. The lowest BCUT2D eigenvalue weighted by molar-refractivity contribution is 0.0930. The molecule has 0 bridgehead atoms. The monoisotopic (exact) mass is 349 g/mol. The van der Waals surface area contributed by atoms with Crippen LogP contribution in [0.5, 0.6) is 0 Å². The number of hydrogen-bond donors (Lipinski definition) is 1. The molecule has 0 radical (unpaired) electrons. The average molecular weight is 349 g/mol. The summed E-state index contributed by atoms with van der Waals surface area (Å²) in [4.78, 5) is 19.4. The van der Waals surface area contributed by atoms with Gasteiger partial charge in [-0.2, -0.15) is 5.10 Å². The van der Waals surface area contributed by atoms with Crippen LogP contribution in [-0.2, 0) is 0 Å². The van der Waals surface area contributed by atoms with E-state index >= 15 is 0 Å². The van der Waals surface area contributed by atoms with E-state index in [1.165, 1.54) is 0 Å². The first kappa shape index (κ1) is 16.6. The summed E-state index contributed by atoms with van der Waals surface area (Å²) in [5, 5.41) is 7.64. The first-order chi connectivity index (χ1) is 12.6. The summed E-state index contributed by atoms with van der Waals surface area (Å²) in [5.74, 6) is 0.991. The number of carbonyl (C=O) groups is 1. The van der Waals surface area contributed by atoms with Crippen LogP contribution < -0.4 is 10.2 Å². The maximum atomic E-state index is 12.5. The molecular formula is C20H23N5O. The van der Waals surface area contributed by atoms with E-state index in [9.17, 15) is 4.79 Å². The van der Waals surface area contributed by atoms with Crippen molar-refractivity contribution in [2.24, 2.45) is 0 Å². The number of anilines is 1. The van der Waals surface area contributed by atoms with Crippen LogP contribution in [0.15, 0.2) is 42.7 Å². The third-order valence-electron chi connectivity index (χ3n) is 5.01. The minimum Gasteiger partial charge on any atom is -0.355 e. The second-order valence-corrected chi connectivity index (χ2v) is 6.92. The summed E-state index contributed by atoms with van der Waals surface area (Å²) in [6, 6.07) is 9.98. The third-order valence-corrected chi connectivity index (χ3v) is 5.01. The van der Waals surface area contributed by atoms with Crippen molar-refractivity contribution in [1.82, 2.24) is 19.9 Å². The summed E-state index contributed by atoms with van der Waals surface area (Å²) >= 11 is 0. The molecule has 0 atom stereocenters. The van der Waals surface area contributed by atoms with Gasteiger partial charge < -0.3 is 10.2 Å². The average Bonchev–Trinajstić information content (AvgIpc) is 3.03. The van der Waals surface area contributed by atoms with Gasteiger partial charge in [-0.1, -0.05) is 18.2 Å². The van der Waals surface area contributed by atoms with Crippen LogP contribution in [0.3, 0.4) is 0 Å². The van der Waals surface area contributed by atoms with Gasteiger partial charge in [-0.15, -0.1) is 0 Å². The number of hydrogen-bond acceptors (Lipinski definition) is 4. The van der Waals surface area contributed by atoms with Crippen molar-refractivity contribution in [1.29, 1.82) is 0 Å². The van der Waals surface area contributed by atoms with Gasteiger partial charge >= 0.3 is 0 Å². The molecule has 1 N–H and O–H groups in total. The molecule has 6 nitrogen and oxygen atoms in total. The van der Waals surface area contributed by atoms with Crippen molar-refractivity contribution < 1.29 is 4.79 Å². The topological polar surface area (TPSA) is 62.5 Å². The van der Waals surface area contributed by atoms with Crippen molar-refractivity contribution in [3.05, 3.63) is 59.5 Å². The number of nitrogens with one attached hydrogen (secondary N) is 1. The quantitative estimate of drug-likeness (QED) is 0.790. The molecule has 1 amide bonds. The molecule has 0 unspecified atom stereocenters. The number of carbonyl (C=O) groups excluding carboxylic acids is 1. The highest BCUT2D eigenvalue weighted by Crippen LogP contribution is 2.23. The SMILES string of the molecule is Cc1cc2c(N3CCC(NC(=O)c4ccccc4C)CC3)nccn2n1. The number of aryl methyl sites for hydroxylation is 2. The van der Waals surface area contributed by atoms with Gasteiger partial charge in [0.25, 0.3) is 5.91 Å². The number of rotatable bonds is 3. The minimum atomic E-state index is 0.0215. The Balaban J connectivity index is 1.42. The van der Waals surface area contributed by atoms with Crippen LogP contribution in [0.1, 0.15) is 34.5 Å². The Morgan fingerprint density at radius 2 is 1.96 bits per heavy atom. The van der Waals surface area contributed by atoms with E-state index in [0.29, 0.717) is 0 Å². The van der Waals surface area contributed by atoms with Gasteiger partial charge in [0, 0.05) is 37.1 Å². The van der Waals surface area contributed by atoms with Crippen molar-refractivity contribution in [3.63, 3.8) is 0 Å². The molecule has 3 aromatic rings. The van der Waals surface area contributed by atoms with Gasteiger partial charge in [0.15, 0.2) is 5.82 Å². The molecule has 1 aliphatic rings. The fourth-order valence-electron chi connectivity index (χ4n) is 3.60. The smallest absolute Gasteiger partial charge is 0.251 e. The Morgan fingerprint density at radius 1 is 1.19 bits per heavy atom. The maximum absolute atomic E-state index is 12.5. The highest BCUT2D eigenvalue weighted by molar-refractivity contribution is 5.95. The van der Waals surface area contributed by atoms with Gasteiger partial charge in [0.1, 0.15) is 5.52 Å². The van der Waals surface area contributed by atoms with Gasteiger partial charge in [0.2, 0.25) is 0 Å². The van der Waals surface area contributed by atoms with Gasteiger partial charge in [0.05, 0.1) is 5.69 Å². The zero-order valence-electron chi connectivity index (χ0n) is 15.1. The Hall–Kier alpha value is -2.89. The van der Waals surface area contributed by atoms with Crippen LogP contribution in [0, 0.1) is 13.8 Å². The molecular weight excluding hydrogens is 326 g/mol. The second kappa shape index (κ2) is 6.78. The van der Waals surface area contributed by atoms with E-state index in [1.807, 2.05) is 48.8 Å². The normalized spacial score (nSPS) is 15.4. The molecule has 6 heteroatoms. The number of piperidine rings is 1. The van der Waals surface area contributed by atoms with Crippen molar-refractivity contribution in [2.45, 2.75) is 32.7 Å². The summed E-state index contributed by atoms with van der Waals surface area (Å²) in [5.41, 5.74) is 3.79. The lowest BCUT2D eigenvalue weighted by atomic mass is 10.0. The van der Waals surface area contributed by atoms with E-state index in [-0.39, 0.29) is 11.9 Å². The predicted molar refractivity (Wildman–Crippen MR) is 102 cm³/mol. The Bertz CT molecular complexity index is 940. The molecule has 0 spiro atoms. The second-order valence-electron chi connectivity index (χ2n) is 6.92. The zero-order chi connectivity index (χ0) is 18.1. The lowest BCUT2D eigenvalue weighted by Gasteiger charge is -2.33. The van der Waals surface area contributed by atoms with Crippen LogP contribution in [0.25, 0.3) is 5.52 Å². The largest absolute Gasteiger partial charge is 0.355 e. The molecule has 2 aromatic heterocycles. The molecule has 1 saturated heterocycles. The minimum absolute atomic E-state index is 0.0215. The van der Waals surface area contributed by atoms with Gasteiger partial charge in [-0.25, -0.2) is 9.50 Å². The molecule has 0 aliphatic carbocycles. The van der Waals surface area contributed by atoms with Crippen molar-refractivity contribution in [2.75, 3.05) is 18.0 Å². The first-order valence-electron chi connectivity index (χ1n) is 9.04. The molecule has 3 heterocycles. The van der Waals surface area contributed by atoms with Crippen LogP contribution in [0.4, 0.5) is 5.82 Å². The van der Waals surface area contributed by atoms with Gasteiger partial charge in [-0.3, -0.25) is 4.79 Å². The maximum Gasteiger partial charge on any atom is 0.251 e. The number of fused-ring (bicyclic) bond motifs is 1. The van der Waals surface area contributed by atoms with Crippen molar-refractivity contribution >= 4 is 17.2 Å². The first-order valence-corrected chi connectivity index (χ1v) is 9.04. The van der Waals surface area contributed by atoms with Crippen LogP contribution >= 0.6 is 0 Å². The molecule has 1 fully saturated rings. The highest BCUT2D eigenvalue weighted by atomic mass is 16.1. The lowest BCUT2D eigenvalue weighted by Crippen LogP contribution is -2.45. The number of amides is 1. The number of benzene rings is 1. The van der Waals surface area contributed by atoms with E-state index in [0.717, 1.165) is 54.1 Å². The van der Waals surface area contributed by atoms with Crippen LogP contribution in [0.2, 0.25) is 0 Å². The molecule has 1 aromatic carbocycles. The predicted octanol–water partition coefficient (Wildman–Crippen LogP) is 2.74. The fourth-order valence-corrected chi connectivity index (χ4v) is 3.60. The molecule has 26 heavy (non-hydrogen) atoms. The van der Waals surface area contributed by atoms with E-state index < -0.39 is 0 Å². The Kier molecular flexibility index (Phi) is 4.32. The molecule has 1 aliphatic heterocycles. The summed E-state index contributed by atoms with van der Waals surface area (Å²) in [7, 11) is 0. The zero-order valence-corrected chi connectivity index (χ0v) is 15.1. The van der Waals surface area contributed by atoms with E-state index in [2.05, 4.69) is 26.4 Å².